The third kappa shape index (κ3) is 2.29. The number of amides is 1. The van der Waals surface area contributed by atoms with Crippen LogP contribution in [0.3, 0.4) is 0 Å². The molecule has 1 aromatic carbocycles. The van der Waals surface area contributed by atoms with E-state index in [4.69, 9.17) is 16.1 Å². The largest absolute Gasteiger partial charge is 0.340 e. The third-order valence-corrected chi connectivity index (χ3v) is 3.72. The maximum atomic E-state index is 12.2. The van der Waals surface area contributed by atoms with Crippen molar-refractivity contribution >= 4 is 23.2 Å². The summed E-state index contributed by atoms with van der Waals surface area (Å²) in [5.74, 6) is 1.18. The zero-order valence-corrected chi connectivity index (χ0v) is 12.0. The Morgan fingerprint density at radius 3 is 2.85 bits per heavy atom. The van der Waals surface area contributed by atoms with Gasteiger partial charge < -0.3 is 9.42 Å². The molecule has 0 aliphatic carbocycles. The zero-order valence-electron chi connectivity index (χ0n) is 11.3. The summed E-state index contributed by atoms with van der Waals surface area (Å²) in [6, 6.07) is 5.53. The van der Waals surface area contributed by atoms with Crippen LogP contribution in [0.5, 0.6) is 0 Å². The summed E-state index contributed by atoms with van der Waals surface area (Å²) in [5, 5.41) is 4.58. The van der Waals surface area contributed by atoms with Crippen LogP contribution < -0.4 is 4.90 Å². The van der Waals surface area contributed by atoms with Gasteiger partial charge in [0.2, 0.25) is 11.8 Å². The Morgan fingerprint density at radius 1 is 1.40 bits per heavy atom. The van der Waals surface area contributed by atoms with E-state index >= 15 is 0 Å². The fraction of sp³-hybridized carbons (Fsp3) is 0.357. The highest BCUT2D eigenvalue weighted by atomic mass is 35.5. The molecule has 2 heterocycles. The van der Waals surface area contributed by atoms with Crippen LogP contribution in [0.1, 0.15) is 29.6 Å². The van der Waals surface area contributed by atoms with Crippen LogP contribution in [-0.4, -0.2) is 22.6 Å². The van der Waals surface area contributed by atoms with Gasteiger partial charge in [0, 0.05) is 36.5 Å². The lowest BCUT2D eigenvalue weighted by Gasteiger charge is -2.18. The Hall–Kier alpha value is -1.88. The molecule has 1 atom stereocenters. The molecular weight excluding hydrogens is 278 g/mol. The maximum Gasteiger partial charge on any atom is 0.227 e. The van der Waals surface area contributed by atoms with E-state index in [1.54, 1.807) is 17.9 Å². The second kappa shape index (κ2) is 4.90. The lowest BCUT2D eigenvalue weighted by Crippen LogP contribution is -2.25. The number of carbonyl (C=O) groups is 1. The van der Waals surface area contributed by atoms with Gasteiger partial charge in [-0.15, -0.1) is 0 Å². The van der Waals surface area contributed by atoms with Crippen molar-refractivity contribution in [3.8, 4) is 0 Å². The lowest BCUT2D eigenvalue weighted by atomic mass is 10.1. The van der Waals surface area contributed by atoms with E-state index in [2.05, 4.69) is 10.1 Å². The fourth-order valence-corrected chi connectivity index (χ4v) is 2.74. The second-order valence-corrected chi connectivity index (χ2v) is 5.44. The van der Waals surface area contributed by atoms with Crippen LogP contribution in [0, 0.1) is 13.8 Å². The SMILES string of the molecule is Cc1nc(C2CC(=O)N(c3ccc(Cl)cc3C)C2)no1. The Morgan fingerprint density at radius 2 is 2.20 bits per heavy atom. The molecule has 0 radical (unpaired) electrons. The first-order valence-electron chi connectivity index (χ1n) is 6.41. The molecule has 1 fully saturated rings. The van der Waals surface area contributed by atoms with Crippen molar-refractivity contribution < 1.29 is 9.32 Å². The molecule has 104 valence electrons. The van der Waals surface area contributed by atoms with E-state index in [1.807, 2.05) is 19.1 Å². The van der Waals surface area contributed by atoms with Gasteiger partial charge in [0.25, 0.3) is 0 Å². The molecule has 1 aromatic heterocycles. The first-order valence-corrected chi connectivity index (χ1v) is 6.79. The van der Waals surface area contributed by atoms with E-state index in [9.17, 15) is 4.79 Å². The summed E-state index contributed by atoms with van der Waals surface area (Å²) in [6.45, 7) is 4.26. The molecular formula is C14H14ClN3O2. The maximum absolute atomic E-state index is 12.2. The van der Waals surface area contributed by atoms with Crippen molar-refractivity contribution in [2.75, 3.05) is 11.4 Å². The molecule has 0 spiro atoms. The minimum Gasteiger partial charge on any atom is -0.340 e. The Kier molecular flexibility index (Phi) is 3.22. The van der Waals surface area contributed by atoms with Gasteiger partial charge in [-0.05, 0) is 30.7 Å². The molecule has 0 N–H and O–H groups in total. The molecule has 1 aliphatic heterocycles. The van der Waals surface area contributed by atoms with Crippen molar-refractivity contribution in [1.82, 2.24) is 10.1 Å². The molecule has 1 amide bonds. The van der Waals surface area contributed by atoms with E-state index in [0.717, 1.165) is 11.3 Å². The number of aryl methyl sites for hydroxylation is 2. The topological polar surface area (TPSA) is 59.2 Å². The fourth-order valence-electron chi connectivity index (χ4n) is 2.52. The van der Waals surface area contributed by atoms with Crippen LogP contribution in [0.25, 0.3) is 0 Å². The average Bonchev–Trinajstić information content (AvgIpc) is 2.96. The number of carbonyl (C=O) groups excluding carboxylic acids is 1. The summed E-state index contributed by atoms with van der Waals surface area (Å²) < 4.78 is 4.98. The van der Waals surface area contributed by atoms with E-state index in [1.165, 1.54) is 0 Å². The Bertz CT molecular complexity index is 668. The quantitative estimate of drug-likeness (QED) is 0.853. The first-order chi connectivity index (χ1) is 9.54. The number of halogens is 1. The summed E-state index contributed by atoms with van der Waals surface area (Å²) >= 11 is 5.95. The molecule has 6 heteroatoms. The van der Waals surface area contributed by atoms with Crippen molar-refractivity contribution in [3.05, 3.63) is 40.5 Å². The van der Waals surface area contributed by atoms with E-state index in [-0.39, 0.29) is 11.8 Å². The number of aromatic nitrogens is 2. The molecule has 20 heavy (non-hydrogen) atoms. The van der Waals surface area contributed by atoms with Gasteiger partial charge in [-0.1, -0.05) is 16.8 Å². The van der Waals surface area contributed by atoms with E-state index in [0.29, 0.717) is 29.7 Å². The van der Waals surface area contributed by atoms with Crippen LogP contribution >= 0.6 is 11.6 Å². The van der Waals surface area contributed by atoms with Gasteiger partial charge in [0.05, 0.1) is 0 Å². The molecule has 5 nitrogen and oxygen atoms in total. The van der Waals surface area contributed by atoms with Gasteiger partial charge >= 0.3 is 0 Å². The summed E-state index contributed by atoms with van der Waals surface area (Å²) in [5.41, 5.74) is 1.87. The smallest absolute Gasteiger partial charge is 0.227 e. The van der Waals surface area contributed by atoms with Crippen LogP contribution in [0.2, 0.25) is 5.02 Å². The number of rotatable bonds is 2. The first kappa shape index (κ1) is 13.1. The molecule has 0 saturated carbocycles. The minimum absolute atomic E-state index is 0.0185. The number of anilines is 1. The van der Waals surface area contributed by atoms with Crippen LogP contribution in [0.15, 0.2) is 22.7 Å². The predicted molar refractivity (Wildman–Crippen MR) is 74.9 cm³/mol. The van der Waals surface area contributed by atoms with Crippen molar-refractivity contribution in [3.63, 3.8) is 0 Å². The highest BCUT2D eigenvalue weighted by Crippen LogP contribution is 2.33. The standard InChI is InChI=1S/C14H14ClN3O2/c1-8-5-11(15)3-4-12(8)18-7-10(6-13(18)19)14-16-9(2)20-17-14/h3-5,10H,6-7H2,1-2H3. The number of benzene rings is 1. The lowest BCUT2D eigenvalue weighted by molar-refractivity contribution is -0.117. The van der Waals surface area contributed by atoms with Gasteiger partial charge in [-0.25, -0.2) is 0 Å². The van der Waals surface area contributed by atoms with Gasteiger partial charge in [-0.2, -0.15) is 4.98 Å². The summed E-state index contributed by atoms with van der Waals surface area (Å²) in [4.78, 5) is 18.2. The number of hydrogen-bond acceptors (Lipinski definition) is 4. The molecule has 1 aliphatic rings. The highest BCUT2D eigenvalue weighted by Gasteiger charge is 2.34. The van der Waals surface area contributed by atoms with Gasteiger partial charge in [-0.3, -0.25) is 4.79 Å². The molecule has 3 rings (SSSR count). The Balaban J connectivity index is 1.87. The Labute approximate surface area is 121 Å². The number of hydrogen-bond donors (Lipinski definition) is 0. The van der Waals surface area contributed by atoms with Crippen molar-refractivity contribution in [1.29, 1.82) is 0 Å². The van der Waals surface area contributed by atoms with Crippen molar-refractivity contribution in [2.45, 2.75) is 26.2 Å². The molecule has 1 saturated heterocycles. The van der Waals surface area contributed by atoms with Crippen LogP contribution in [-0.2, 0) is 4.79 Å². The average molecular weight is 292 g/mol. The highest BCUT2D eigenvalue weighted by molar-refractivity contribution is 6.30. The number of nitrogens with zero attached hydrogens (tertiary/aromatic N) is 3. The van der Waals surface area contributed by atoms with Gasteiger partial charge in [0.1, 0.15) is 0 Å². The third-order valence-electron chi connectivity index (χ3n) is 3.48. The van der Waals surface area contributed by atoms with E-state index < -0.39 is 0 Å². The van der Waals surface area contributed by atoms with Crippen LogP contribution in [0.4, 0.5) is 5.69 Å². The minimum atomic E-state index is -0.0185. The molecule has 1 unspecified atom stereocenters. The zero-order chi connectivity index (χ0) is 14.3. The second-order valence-electron chi connectivity index (χ2n) is 5.01. The van der Waals surface area contributed by atoms with Crippen molar-refractivity contribution in [2.24, 2.45) is 0 Å². The molecule has 2 aromatic rings. The summed E-state index contributed by atoms with van der Waals surface area (Å²) in [6.07, 6.45) is 0.404. The normalized spacial score (nSPS) is 18.9. The molecule has 0 bridgehead atoms. The predicted octanol–water partition coefficient (Wildman–Crippen LogP) is 2.86. The van der Waals surface area contributed by atoms with Gasteiger partial charge in [0.15, 0.2) is 5.82 Å². The summed E-state index contributed by atoms with van der Waals surface area (Å²) in [7, 11) is 0. The monoisotopic (exact) mass is 291 g/mol.